The van der Waals surface area contributed by atoms with E-state index in [2.05, 4.69) is 9.97 Å². The van der Waals surface area contributed by atoms with Crippen molar-refractivity contribution in [3.63, 3.8) is 0 Å². The molecule has 2 atom stereocenters. The number of anilines is 1. The van der Waals surface area contributed by atoms with Gasteiger partial charge in [-0.15, -0.1) is 0 Å². The lowest BCUT2D eigenvalue weighted by Gasteiger charge is -2.31. The van der Waals surface area contributed by atoms with Crippen molar-refractivity contribution in [2.45, 2.75) is 25.1 Å². The molecule has 1 aromatic heterocycles. The maximum atomic E-state index is 13.7. The van der Waals surface area contributed by atoms with Crippen molar-refractivity contribution in [1.29, 1.82) is 0 Å². The quantitative estimate of drug-likeness (QED) is 0.676. The van der Waals surface area contributed by atoms with Gasteiger partial charge in [-0.2, -0.15) is 0 Å². The summed E-state index contributed by atoms with van der Waals surface area (Å²) in [5, 5.41) is 0. The normalized spacial score (nSPS) is 20.2. The Balaban J connectivity index is 1.53. The summed E-state index contributed by atoms with van der Waals surface area (Å²) in [6, 6.07) is 16.7. The van der Waals surface area contributed by atoms with Gasteiger partial charge in [-0.25, -0.2) is 4.98 Å². The smallest absolute Gasteiger partial charge is 0.274 e. The molecular formula is C23H20N4O3. The molecule has 3 heterocycles. The van der Waals surface area contributed by atoms with Crippen molar-refractivity contribution < 1.29 is 14.3 Å². The van der Waals surface area contributed by atoms with Crippen LogP contribution in [-0.2, 0) is 11.3 Å². The van der Waals surface area contributed by atoms with Gasteiger partial charge in [0.1, 0.15) is 23.6 Å². The monoisotopic (exact) mass is 400 g/mol. The highest BCUT2D eigenvalue weighted by Crippen LogP contribution is 2.37. The zero-order valence-electron chi connectivity index (χ0n) is 16.2. The van der Waals surface area contributed by atoms with Gasteiger partial charge < -0.3 is 14.5 Å². The summed E-state index contributed by atoms with van der Waals surface area (Å²) in [5.74, 6) is 0.228. The molecule has 0 saturated carbocycles. The van der Waals surface area contributed by atoms with E-state index in [1.54, 1.807) is 9.80 Å². The molecule has 0 N–H and O–H groups in total. The Morgan fingerprint density at radius 2 is 1.87 bits per heavy atom. The van der Waals surface area contributed by atoms with Crippen molar-refractivity contribution in [2.24, 2.45) is 0 Å². The van der Waals surface area contributed by atoms with Crippen LogP contribution in [0.5, 0.6) is 5.75 Å². The minimum Gasteiger partial charge on any atom is -0.486 e. The number of benzene rings is 2. The third kappa shape index (κ3) is 3.28. The van der Waals surface area contributed by atoms with E-state index < -0.39 is 6.04 Å². The number of hydrogen-bond acceptors (Lipinski definition) is 5. The molecule has 0 radical (unpaired) electrons. The Morgan fingerprint density at radius 1 is 1.07 bits per heavy atom. The largest absolute Gasteiger partial charge is 0.486 e. The molecule has 2 aliphatic rings. The first kappa shape index (κ1) is 18.3. The van der Waals surface area contributed by atoms with Gasteiger partial charge in [-0.1, -0.05) is 42.5 Å². The van der Waals surface area contributed by atoms with Gasteiger partial charge in [0.2, 0.25) is 5.91 Å². The number of rotatable bonds is 3. The summed E-state index contributed by atoms with van der Waals surface area (Å²) in [6.07, 6.45) is 4.61. The first-order valence-corrected chi connectivity index (χ1v) is 9.88. The number of para-hydroxylation sites is 2. The second-order valence-corrected chi connectivity index (χ2v) is 7.42. The highest BCUT2D eigenvalue weighted by molar-refractivity contribution is 6.03. The van der Waals surface area contributed by atoms with Gasteiger partial charge in [0.15, 0.2) is 0 Å². The van der Waals surface area contributed by atoms with Crippen molar-refractivity contribution >= 4 is 17.5 Å². The standard InChI is InChI=1S/C23H20N4O3/c28-22(18-13-24-10-11-25-18)27-15-17-12-20(27)23(29)26(14-16-6-2-1-3-7-16)19-8-4-5-9-21(19)30-17/h1-11,13,17,20H,12,14-15H2/t17-,20-/m0/s1. The Labute approximate surface area is 173 Å². The van der Waals surface area contributed by atoms with E-state index in [-0.39, 0.29) is 23.6 Å². The first-order chi connectivity index (χ1) is 14.7. The number of hydrogen-bond donors (Lipinski definition) is 0. The molecule has 1 fully saturated rings. The maximum Gasteiger partial charge on any atom is 0.274 e. The Kier molecular flexibility index (Phi) is 4.63. The van der Waals surface area contributed by atoms with Crippen LogP contribution >= 0.6 is 0 Å². The third-order valence-corrected chi connectivity index (χ3v) is 5.49. The lowest BCUT2D eigenvalue weighted by atomic mass is 10.1. The fourth-order valence-corrected chi connectivity index (χ4v) is 4.09. The van der Waals surface area contributed by atoms with E-state index >= 15 is 0 Å². The molecule has 0 spiro atoms. The summed E-state index contributed by atoms with van der Waals surface area (Å²) in [7, 11) is 0. The number of nitrogens with zero attached hydrogens (tertiary/aromatic N) is 4. The number of fused-ring (bicyclic) bond motifs is 3. The van der Waals surface area contributed by atoms with Gasteiger partial charge in [-0.05, 0) is 17.7 Å². The summed E-state index contributed by atoms with van der Waals surface area (Å²) in [6.45, 7) is 0.730. The topological polar surface area (TPSA) is 75.6 Å². The second-order valence-electron chi connectivity index (χ2n) is 7.42. The summed E-state index contributed by atoms with van der Waals surface area (Å²) in [5.41, 5.74) is 1.94. The van der Waals surface area contributed by atoms with Crippen LogP contribution in [-0.4, -0.2) is 45.4 Å². The number of ether oxygens (including phenoxy) is 1. The number of likely N-dealkylation sites (tertiary alicyclic amines) is 1. The predicted octanol–water partition coefficient (Wildman–Crippen LogP) is 2.69. The zero-order chi connectivity index (χ0) is 20.5. The van der Waals surface area contributed by atoms with E-state index in [9.17, 15) is 9.59 Å². The Morgan fingerprint density at radius 3 is 2.67 bits per heavy atom. The second kappa shape index (κ2) is 7.59. The molecule has 1 saturated heterocycles. The van der Waals surface area contributed by atoms with Crippen molar-refractivity contribution in [3.05, 3.63) is 84.4 Å². The van der Waals surface area contributed by atoms with Gasteiger partial charge >= 0.3 is 0 Å². The van der Waals surface area contributed by atoms with Gasteiger partial charge in [0, 0.05) is 18.8 Å². The molecule has 2 aliphatic heterocycles. The van der Waals surface area contributed by atoms with E-state index in [4.69, 9.17) is 4.74 Å². The van der Waals surface area contributed by atoms with Crippen LogP contribution in [0.15, 0.2) is 73.2 Å². The molecule has 2 amide bonds. The lowest BCUT2D eigenvalue weighted by molar-refractivity contribution is -0.122. The molecule has 2 aromatic carbocycles. The highest BCUT2D eigenvalue weighted by atomic mass is 16.5. The SMILES string of the molecule is O=C1[C@@H]2C[C@@H](CN2C(=O)c2cnccn2)Oc2ccccc2N1Cc1ccccc1. The summed E-state index contributed by atoms with van der Waals surface area (Å²) >= 11 is 0. The highest BCUT2D eigenvalue weighted by Gasteiger charge is 2.45. The number of carbonyl (C=O) groups excluding carboxylic acids is 2. The van der Waals surface area contributed by atoms with Gasteiger partial charge in [0.05, 0.1) is 25.0 Å². The fourth-order valence-electron chi connectivity index (χ4n) is 4.09. The Hall–Kier alpha value is -3.74. The molecular weight excluding hydrogens is 380 g/mol. The van der Waals surface area contributed by atoms with E-state index in [1.807, 2.05) is 54.6 Å². The van der Waals surface area contributed by atoms with Crippen LogP contribution in [0.1, 0.15) is 22.5 Å². The molecule has 7 nitrogen and oxygen atoms in total. The molecule has 7 heteroatoms. The zero-order valence-corrected chi connectivity index (χ0v) is 16.2. The summed E-state index contributed by atoms with van der Waals surface area (Å²) in [4.78, 5) is 38.2. The average molecular weight is 400 g/mol. The average Bonchev–Trinajstić information content (AvgIpc) is 3.22. The van der Waals surface area contributed by atoms with Gasteiger partial charge in [-0.3, -0.25) is 14.6 Å². The molecule has 5 rings (SSSR count). The van der Waals surface area contributed by atoms with E-state index in [0.717, 1.165) is 11.3 Å². The number of aromatic nitrogens is 2. The van der Waals surface area contributed by atoms with Crippen LogP contribution < -0.4 is 9.64 Å². The molecule has 150 valence electrons. The van der Waals surface area contributed by atoms with Crippen LogP contribution in [0.3, 0.4) is 0 Å². The van der Waals surface area contributed by atoms with Gasteiger partial charge in [0.25, 0.3) is 5.91 Å². The van der Waals surface area contributed by atoms with E-state index in [0.29, 0.717) is 25.3 Å². The number of carbonyl (C=O) groups is 2. The van der Waals surface area contributed by atoms with E-state index in [1.165, 1.54) is 18.6 Å². The predicted molar refractivity (Wildman–Crippen MR) is 110 cm³/mol. The Bertz CT molecular complexity index is 1070. The lowest BCUT2D eigenvalue weighted by Crippen LogP contribution is -2.48. The van der Waals surface area contributed by atoms with Crippen LogP contribution in [0, 0.1) is 0 Å². The minimum absolute atomic E-state index is 0.116. The summed E-state index contributed by atoms with van der Waals surface area (Å²) < 4.78 is 6.24. The van der Waals surface area contributed by atoms with Crippen LogP contribution in [0.2, 0.25) is 0 Å². The van der Waals surface area contributed by atoms with Crippen LogP contribution in [0.25, 0.3) is 0 Å². The van der Waals surface area contributed by atoms with Crippen molar-refractivity contribution in [1.82, 2.24) is 14.9 Å². The van der Waals surface area contributed by atoms with Crippen molar-refractivity contribution in [2.75, 3.05) is 11.4 Å². The third-order valence-electron chi connectivity index (χ3n) is 5.49. The molecule has 3 aromatic rings. The first-order valence-electron chi connectivity index (χ1n) is 9.88. The number of amides is 2. The molecule has 2 bridgehead atoms. The molecule has 30 heavy (non-hydrogen) atoms. The maximum absolute atomic E-state index is 13.7. The molecule has 0 aliphatic carbocycles. The molecule has 0 unspecified atom stereocenters. The van der Waals surface area contributed by atoms with Crippen LogP contribution in [0.4, 0.5) is 5.69 Å². The fraction of sp³-hybridized carbons (Fsp3) is 0.217. The van der Waals surface area contributed by atoms with Crippen molar-refractivity contribution in [3.8, 4) is 5.75 Å². The minimum atomic E-state index is -0.610.